The molecule has 1 aliphatic rings. The first kappa shape index (κ1) is 36.6. The van der Waals surface area contributed by atoms with Gasteiger partial charge in [-0.1, -0.05) is 119 Å². The third-order valence-electron chi connectivity index (χ3n) is 10.1. The van der Waals surface area contributed by atoms with E-state index < -0.39 is 49.8 Å². The molecule has 2 heterocycles. The minimum atomic E-state index is -4.73. The quantitative estimate of drug-likeness (QED) is 0.0815. The topological polar surface area (TPSA) is 67.1 Å². The van der Waals surface area contributed by atoms with Crippen molar-refractivity contribution in [2.75, 3.05) is 6.61 Å². The van der Waals surface area contributed by atoms with Gasteiger partial charge in [0.05, 0.1) is 18.3 Å². The van der Waals surface area contributed by atoms with Crippen molar-refractivity contribution in [2.24, 2.45) is 5.92 Å². The second-order valence-electron chi connectivity index (χ2n) is 14.6. The monoisotopic (exact) mass is 716 g/mol. The summed E-state index contributed by atoms with van der Waals surface area (Å²) in [6.45, 7) is 13.0. The fraction of sp³-hybridized carbons (Fsp3) is 0.341. The summed E-state index contributed by atoms with van der Waals surface area (Å²) in [7, 11) is -2.36. The third-order valence-corrected chi connectivity index (χ3v) is 14.6. The molecule has 1 saturated heterocycles. The number of hydrogen-bond donors (Lipinski definition) is 0. The summed E-state index contributed by atoms with van der Waals surface area (Å²) in [4.78, 5) is 12.1. The van der Waals surface area contributed by atoms with Gasteiger partial charge in [0, 0.05) is 23.4 Å². The van der Waals surface area contributed by atoms with Crippen molar-refractivity contribution < 1.29 is 36.2 Å². The van der Waals surface area contributed by atoms with Crippen molar-refractivity contribution in [3.05, 3.63) is 148 Å². The molecule has 0 spiro atoms. The summed E-state index contributed by atoms with van der Waals surface area (Å²) >= 11 is 0. The molecule has 10 heteroatoms. The van der Waals surface area contributed by atoms with Gasteiger partial charge in [-0.15, -0.1) is 0 Å². The SMILES string of the molecule is CC1C(Oc2ccc3c(C(F)(F)F)cc(=O)oc3c2)O[C@H](COC(c2ccccc2)(c2ccccc2)c2ccccc2)[C@H]1O[Si](C)(C)C(C)(C)C. The third kappa shape index (κ3) is 7.41. The van der Waals surface area contributed by atoms with Crippen LogP contribution >= 0.6 is 0 Å². The Morgan fingerprint density at radius 3 is 1.78 bits per heavy atom. The zero-order valence-corrected chi connectivity index (χ0v) is 30.6. The lowest BCUT2D eigenvalue weighted by atomic mass is 9.80. The molecule has 1 fully saturated rings. The van der Waals surface area contributed by atoms with Gasteiger partial charge >= 0.3 is 11.8 Å². The lowest BCUT2D eigenvalue weighted by molar-refractivity contribution is -0.136. The molecule has 0 radical (unpaired) electrons. The molecular formula is C41H43F3O6Si. The zero-order chi connectivity index (χ0) is 36.6. The van der Waals surface area contributed by atoms with Gasteiger partial charge in [-0.3, -0.25) is 0 Å². The minimum absolute atomic E-state index is 0.106. The van der Waals surface area contributed by atoms with Crippen LogP contribution in [-0.2, 0) is 25.7 Å². The van der Waals surface area contributed by atoms with Crippen LogP contribution < -0.4 is 10.4 Å². The molecule has 2 unspecified atom stereocenters. The Morgan fingerprint density at radius 1 is 0.765 bits per heavy atom. The Labute approximate surface area is 297 Å². The summed E-state index contributed by atoms with van der Waals surface area (Å²) in [5, 5.41) is -0.343. The Morgan fingerprint density at radius 2 is 1.29 bits per heavy atom. The van der Waals surface area contributed by atoms with E-state index in [2.05, 4.69) is 70.3 Å². The molecule has 4 aromatic carbocycles. The van der Waals surface area contributed by atoms with Crippen molar-refractivity contribution in [3.63, 3.8) is 0 Å². The number of hydrogen-bond acceptors (Lipinski definition) is 6. The van der Waals surface area contributed by atoms with Crippen molar-refractivity contribution in [1.82, 2.24) is 0 Å². The Hall–Kier alpha value is -4.22. The van der Waals surface area contributed by atoms with Crippen LogP contribution in [-0.4, -0.2) is 33.4 Å². The number of fused-ring (bicyclic) bond motifs is 1. The molecule has 0 saturated carbocycles. The molecule has 6 rings (SSSR count). The first-order valence-electron chi connectivity index (χ1n) is 17.1. The fourth-order valence-electron chi connectivity index (χ4n) is 6.40. The van der Waals surface area contributed by atoms with Crippen LogP contribution in [0.2, 0.25) is 18.1 Å². The fourth-order valence-corrected chi connectivity index (χ4v) is 7.80. The molecule has 0 bridgehead atoms. The molecule has 268 valence electrons. The van der Waals surface area contributed by atoms with Crippen molar-refractivity contribution in [1.29, 1.82) is 0 Å². The van der Waals surface area contributed by atoms with Crippen molar-refractivity contribution in [2.45, 2.75) is 76.1 Å². The highest BCUT2D eigenvalue weighted by Gasteiger charge is 2.50. The van der Waals surface area contributed by atoms with Gasteiger partial charge in [-0.25, -0.2) is 4.79 Å². The molecular weight excluding hydrogens is 674 g/mol. The number of ether oxygens (including phenoxy) is 3. The van der Waals surface area contributed by atoms with Crippen LogP contribution in [0.3, 0.4) is 0 Å². The summed E-state index contributed by atoms with van der Waals surface area (Å²) in [6, 6.07) is 34.6. The Balaban J connectivity index is 1.37. The van der Waals surface area contributed by atoms with E-state index in [4.69, 9.17) is 23.1 Å². The molecule has 51 heavy (non-hydrogen) atoms. The smallest absolute Gasteiger partial charge is 0.417 e. The van der Waals surface area contributed by atoms with Crippen LogP contribution in [0.1, 0.15) is 49.9 Å². The zero-order valence-electron chi connectivity index (χ0n) is 29.6. The van der Waals surface area contributed by atoms with Gasteiger partial charge in [0.25, 0.3) is 0 Å². The van der Waals surface area contributed by atoms with Gasteiger partial charge in [0.15, 0.2) is 8.32 Å². The molecule has 6 nitrogen and oxygen atoms in total. The normalized spacial score (nSPS) is 20.1. The van der Waals surface area contributed by atoms with Crippen molar-refractivity contribution in [3.8, 4) is 5.75 Å². The van der Waals surface area contributed by atoms with Crippen LogP contribution in [0.4, 0.5) is 13.2 Å². The van der Waals surface area contributed by atoms with E-state index in [1.807, 2.05) is 61.5 Å². The predicted molar refractivity (Wildman–Crippen MR) is 193 cm³/mol. The molecule has 0 N–H and O–H groups in total. The second-order valence-corrected chi connectivity index (χ2v) is 19.3. The van der Waals surface area contributed by atoms with Crippen LogP contribution in [0.25, 0.3) is 11.0 Å². The largest absolute Gasteiger partial charge is 0.464 e. The molecule has 0 amide bonds. The Kier molecular flexibility index (Phi) is 10.1. The van der Waals surface area contributed by atoms with E-state index >= 15 is 0 Å². The summed E-state index contributed by atoms with van der Waals surface area (Å²) in [6.07, 6.45) is -6.59. The minimum Gasteiger partial charge on any atom is -0.464 e. The molecule has 0 aliphatic carbocycles. The molecule has 4 atom stereocenters. The highest BCUT2D eigenvalue weighted by molar-refractivity contribution is 6.74. The average Bonchev–Trinajstić information content (AvgIpc) is 3.37. The molecule has 5 aromatic rings. The number of rotatable bonds is 10. The second kappa shape index (κ2) is 14.1. The highest BCUT2D eigenvalue weighted by atomic mass is 28.4. The first-order chi connectivity index (χ1) is 24.1. The summed E-state index contributed by atoms with van der Waals surface area (Å²) in [5.74, 6) is -0.113. The van der Waals surface area contributed by atoms with E-state index in [0.29, 0.717) is 6.07 Å². The number of alkyl halides is 3. The summed E-state index contributed by atoms with van der Waals surface area (Å²) < 4.78 is 73.5. The van der Waals surface area contributed by atoms with Crippen LogP contribution in [0.15, 0.2) is 124 Å². The van der Waals surface area contributed by atoms with Crippen molar-refractivity contribution >= 4 is 19.3 Å². The van der Waals surface area contributed by atoms with Gasteiger partial charge in [0.2, 0.25) is 6.29 Å². The first-order valence-corrected chi connectivity index (χ1v) is 20.0. The van der Waals surface area contributed by atoms with E-state index in [9.17, 15) is 18.0 Å². The van der Waals surface area contributed by atoms with Gasteiger partial charge in [0.1, 0.15) is 23.0 Å². The Bertz CT molecular complexity index is 1900. The maximum absolute atomic E-state index is 13.7. The molecule has 1 aromatic heterocycles. The van der Waals surface area contributed by atoms with Gasteiger partial charge < -0.3 is 23.1 Å². The highest BCUT2D eigenvalue weighted by Crippen LogP contribution is 2.45. The molecule has 1 aliphatic heterocycles. The lowest BCUT2D eigenvalue weighted by Crippen LogP contribution is -2.49. The standard InChI is InChI=1S/C41H43F3O6Si/c1-27-37(50-51(5,6)39(2,3)4)35(49-38(27)47-31-22-23-32-33(41(42,43)44)25-36(45)48-34(32)24-31)26-46-40(28-16-10-7-11-17-28,29-18-12-8-13-19-29)30-20-14-9-15-21-30/h7-25,27,35,37-38H,26H2,1-6H3/t27?,35-,37+,38?/m1/s1. The van der Waals surface area contributed by atoms with E-state index in [1.165, 1.54) is 18.2 Å². The predicted octanol–water partition coefficient (Wildman–Crippen LogP) is 9.95. The maximum atomic E-state index is 13.7. The van der Waals surface area contributed by atoms with Gasteiger partial charge in [-0.2, -0.15) is 13.2 Å². The van der Waals surface area contributed by atoms with Crippen LogP contribution in [0, 0.1) is 5.92 Å². The van der Waals surface area contributed by atoms with E-state index in [-0.39, 0.29) is 34.3 Å². The van der Waals surface area contributed by atoms with Crippen LogP contribution in [0.5, 0.6) is 5.75 Å². The van der Waals surface area contributed by atoms with E-state index in [0.717, 1.165) is 16.7 Å². The number of halogens is 3. The van der Waals surface area contributed by atoms with Gasteiger partial charge in [-0.05, 0) is 47.0 Å². The van der Waals surface area contributed by atoms with E-state index in [1.54, 1.807) is 0 Å². The lowest BCUT2D eigenvalue weighted by Gasteiger charge is -2.41. The summed E-state index contributed by atoms with van der Waals surface area (Å²) in [5.41, 5.74) is -0.564. The number of benzene rings is 4. The maximum Gasteiger partial charge on any atom is 0.417 e. The average molecular weight is 717 g/mol.